The molecule has 0 fully saturated rings. The van der Waals surface area contributed by atoms with Gasteiger partial charge in [0.25, 0.3) is 0 Å². The van der Waals surface area contributed by atoms with Gasteiger partial charge in [-0.1, -0.05) is 24.3 Å². The van der Waals surface area contributed by atoms with Gasteiger partial charge in [-0.2, -0.15) is 0 Å². The molecule has 2 nitrogen and oxygen atoms in total. The summed E-state index contributed by atoms with van der Waals surface area (Å²) in [5.41, 5.74) is 0. The predicted octanol–water partition coefficient (Wildman–Crippen LogP) is 4.37. The van der Waals surface area contributed by atoms with Crippen LogP contribution in [-0.2, 0) is 26.4 Å². The molecule has 0 aliphatic heterocycles. The minimum atomic E-state index is -0.0625. The molecule has 0 amide bonds. The average Bonchev–Trinajstić information content (AvgIpc) is 2.76. The third-order valence-corrected chi connectivity index (χ3v) is 5.06. The Kier molecular flexibility index (Phi) is 23.4. The summed E-state index contributed by atoms with van der Waals surface area (Å²) in [5, 5.41) is 0. The Labute approximate surface area is 137 Å². The zero-order valence-electron chi connectivity index (χ0n) is 12.6. The molecule has 0 aromatic rings. The van der Waals surface area contributed by atoms with Gasteiger partial charge in [-0.25, -0.2) is 0 Å². The van der Waals surface area contributed by atoms with Crippen molar-refractivity contribution in [3.8, 4) is 0 Å². The molecule has 4 heteroatoms. The van der Waals surface area contributed by atoms with Crippen LogP contribution in [0.1, 0.15) is 41.5 Å². The second kappa shape index (κ2) is 16.2. The summed E-state index contributed by atoms with van der Waals surface area (Å²) in [6.07, 6.45) is 10.0. The summed E-state index contributed by atoms with van der Waals surface area (Å²) in [6.45, 7) is 23.2. The van der Waals surface area contributed by atoms with Crippen LogP contribution in [0.3, 0.4) is 0 Å². The smallest absolute Gasteiger partial charge is 0.00506 e. The van der Waals surface area contributed by atoms with Crippen LogP contribution in [0.5, 0.6) is 0 Å². The summed E-state index contributed by atoms with van der Waals surface area (Å²) in [6, 6.07) is 0. The van der Waals surface area contributed by atoms with Crippen molar-refractivity contribution in [1.29, 1.82) is 0 Å². The first-order chi connectivity index (χ1) is 8.21. The minimum absolute atomic E-state index is 0. The van der Waals surface area contributed by atoms with Crippen LogP contribution in [0.4, 0.5) is 0 Å². The zero-order chi connectivity index (χ0) is 15.2. The van der Waals surface area contributed by atoms with Crippen molar-refractivity contribution in [3.05, 3.63) is 44.0 Å². The molecule has 19 heavy (non-hydrogen) atoms. The predicted molar refractivity (Wildman–Crippen MR) is 75.6 cm³/mol. The molecule has 0 saturated heterocycles. The molecule has 0 atom stereocenters. The van der Waals surface area contributed by atoms with Gasteiger partial charge in [-0.3, -0.25) is 0 Å². The monoisotopic (exact) mass is 360 g/mol. The summed E-state index contributed by atoms with van der Waals surface area (Å²) < 4.78 is 16.3. The molecule has 0 N–H and O–H groups in total. The molecule has 1 aliphatic rings. The fourth-order valence-electron chi connectivity index (χ4n) is 1.62. The topological polar surface area (TPSA) is 39.8 Å². The first-order valence-corrected chi connectivity index (χ1v) is 8.07. The molecule has 0 spiro atoms. The Morgan fingerprint density at radius 3 is 1.00 bits per heavy atom. The van der Waals surface area contributed by atoms with Gasteiger partial charge in [0, 0.05) is 23.5 Å². The summed E-state index contributed by atoms with van der Waals surface area (Å²) in [7, 11) is 0. The molecule has 0 aromatic carbocycles. The van der Waals surface area contributed by atoms with E-state index >= 15 is 0 Å². The van der Waals surface area contributed by atoms with E-state index in [2.05, 4.69) is 54.8 Å². The number of hydrogen-bond donors (Lipinski definition) is 0. The average molecular weight is 361 g/mol. The minimum Gasteiger partial charge on any atom is -0.0767 e. The van der Waals surface area contributed by atoms with E-state index in [1.165, 1.54) is 0 Å². The normalized spacial score (nSPS) is 11.3. The Bertz CT molecular complexity index is 250. The molecular weight excluding hydrogens is 338 g/mol. The number of allylic oxidation sites excluding steroid dienone is 4. The number of rotatable bonds is 0. The van der Waals surface area contributed by atoms with Crippen molar-refractivity contribution >= 4 is 17.4 Å². The van der Waals surface area contributed by atoms with Gasteiger partial charge in [0.1, 0.15) is 0 Å². The van der Waals surface area contributed by atoms with E-state index in [1.807, 2.05) is 30.7 Å². The Morgan fingerprint density at radius 2 is 0.947 bits per heavy atom. The van der Waals surface area contributed by atoms with Gasteiger partial charge in [0.15, 0.2) is 0 Å². The van der Waals surface area contributed by atoms with Gasteiger partial charge in [0.05, 0.1) is 0 Å². The van der Waals surface area contributed by atoms with Crippen molar-refractivity contribution in [2.45, 2.75) is 49.5 Å². The Morgan fingerprint density at radius 1 is 0.684 bits per heavy atom. The van der Waals surface area contributed by atoms with Crippen LogP contribution in [0.2, 0.25) is 7.94 Å². The van der Waals surface area contributed by atoms with Gasteiger partial charge in [0.2, 0.25) is 0 Å². The van der Waals surface area contributed by atoms with E-state index in [0.717, 1.165) is 0 Å². The van der Waals surface area contributed by atoms with Gasteiger partial charge >= 0.3 is 89.5 Å². The zero-order valence-corrected chi connectivity index (χ0v) is 16.2. The largest absolute Gasteiger partial charge is 0.0767 e. The molecule has 106 valence electrons. The molecule has 0 heterocycles. The molecule has 1 aliphatic carbocycles. The second-order valence-corrected chi connectivity index (χ2v) is 13.7. The van der Waals surface area contributed by atoms with E-state index in [4.69, 9.17) is 9.30 Å². The summed E-state index contributed by atoms with van der Waals surface area (Å²) in [5.74, 6) is 0. The molecular formula is C15H23FeGaO2. The third kappa shape index (κ3) is 38.1. The molecule has 0 bridgehead atoms. The summed E-state index contributed by atoms with van der Waals surface area (Å²) >= 11 is -0.0625. The maximum Gasteiger partial charge on any atom is 0.00506 e. The maximum atomic E-state index is 7.50. The summed E-state index contributed by atoms with van der Waals surface area (Å²) in [4.78, 5) is 0. The third-order valence-electron chi connectivity index (χ3n) is 1.42. The molecule has 0 aromatic heterocycles. The van der Waals surface area contributed by atoms with Crippen molar-refractivity contribution in [1.82, 2.24) is 0 Å². The standard InChI is InChI=1S/C5H5.2C4H9.2CO.Fe.Ga/c1-2-4-5-3-1;2*1-4(2)3;2*1-2;;/h1-5H;2*1-3H3;;;;. The van der Waals surface area contributed by atoms with Gasteiger partial charge in [-0.05, 0) is 0 Å². The van der Waals surface area contributed by atoms with Crippen LogP contribution in [0.15, 0.2) is 24.3 Å². The van der Waals surface area contributed by atoms with Crippen molar-refractivity contribution < 1.29 is 26.4 Å². The van der Waals surface area contributed by atoms with E-state index in [-0.39, 0.29) is 34.5 Å². The van der Waals surface area contributed by atoms with E-state index in [0.29, 0.717) is 7.94 Å². The van der Waals surface area contributed by atoms with Crippen LogP contribution < -0.4 is 0 Å². The molecule has 0 saturated carbocycles. The molecule has 2 radical (unpaired) electrons. The van der Waals surface area contributed by atoms with E-state index in [9.17, 15) is 0 Å². The van der Waals surface area contributed by atoms with Crippen molar-refractivity contribution in [2.75, 3.05) is 0 Å². The van der Waals surface area contributed by atoms with Crippen LogP contribution in [0, 0.1) is 19.7 Å². The Balaban J connectivity index is -0.0000000956. The molecule has 1 rings (SSSR count). The second-order valence-electron chi connectivity index (χ2n) is 5.84. The van der Waals surface area contributed by atoms with Gasteiger partial charge in [-0.15, -0.1) is 0 Å². The van der Waals surface area contributed by atoms with E-state index in [1.54, 1.807) is 0 Å². The van der Waals surface area contributed by atoms with Crippen LogP contribution >= 0.6 is 0 Å². The first kappa shape index (κ1) is 27.5. The Hall–Kier alpha value is 0.116. The fraction of sp³-hybridized carbons (Fsp3) is 0.533. The van der Waals surface area contributed by atoms with E-state index < -0.39 is 0 Å². The van der Waals surface area contributed by atoms with Crippen LogP contribution in [0.25, 0.3) is 0 Å². The number of hydrogen-bond acceptors (Lipinski definition) is 0. The van der Waals surface area contributed by atoms with Crippen molar-refractivity contribution in [3.63, 3.8) is 0 Å². The SMILES string of the molecule is C[C](C)(C)[Ga][C](C)(C)C.[C-]#[O+].[C-]#[O+].[CH]1C=CC=C1.[Fe]. The molecule has 0 unspecified atom stereocenters. The quantitative estimate of drug-likeness (QED) is 0.350. The van der Waals surface area contributed by atoms with Gasteiger partial charge < -0.3 is 0 Å². The fourth-order valence-corrected chi connectivity index (χ4v) is 7.07. The maximum absolute atomic E-state index is 7.50. The van der Waals surface area contributed by atoms with Crippen LogP contribution in [-0.4, -0.2) is 17.4 Å². The van der Waals surface area contributed by atoms with Crippen molar-refractivity contribution in [2.24, 2.45) is 0 Å². The first-order valence-electron chi connectivity index (χ1n) is 5.65.